The summed E-state index contributed by atoms with van der Waals surface area (Å²) < 4.78 is 0. The molecular weight excluding hydrogens is 315 g/mol. The molecule has 0 fully saturated rings. The third-order valence-corrected chi connectivity index (χ3v) is 6.25. The number of benzene rings is 2. The molecule has 0 amide bonds. The van der Waals surface area contributed by atoms with Gasteiger partial charge in [0.15, 0.2) is 6.71 Å². The highest BCUT2D eigenvalue weighted by molar-refractivity contribution is 6.68. The zero-order valence-electron chi connectivity index (χ0n) is 15.7. The van der Waals surface area contributed by atoms with Gasteiger partial charge in [0.2, 0.25) is 0 Å². The Hall–Kier alpha value is -2.26. The van der Waals surface area contributed by atoms with Crippen molar-refractivity contribution in [2.45, 2.75) is 38.7 Å². The smallest absolute Gasteiger partial charge is 0.199 e. The molecule has 130 valence electrons. The Morgan fingerprint density at radius 3 is 2.85 bits per heavy atom. The molecule has 5 rings (SSSR count). The normalized spacial score (nSPS) is 20.9. The first-order valence-electron chi connectivity index (χ1n) is 9.64. The average Bonchev–Trinajstić information content (AvgIpc) is 3.19. The second kappa shape index (κ2) is 5.89. The van der Waals surface area contributed by atoms with Gasteiger partial charge >= 0.3 is 0 Å². The fourth-order valence-electron chi connectivity index (χ4n) is 4.94. The summed E-state index contributed by atoms with van der Waals surface area (Å²) in [6, 6.07) is 13.7. The lowest BCUT2D eigenvalue weighted by molar-refractivity contribution is 0.353. The lowest BCUT2D eigenvalue weighted by Gasteiger charge is -2.28. The van der Waals surface area contributed by atoms with E-state index in [0.717, 1.165) is 25.8 Å². The molecule has 1 N–H and O–H groups in total. The molecule has 0 radical (unpaired) electrons. The Morgan fingerprint density at radius 2 is 2.00 bits per heavy atom. The number of hydrogen-bond acceptors (Lipinski definition) is 2. The minimum atomic E-state index is 0.522. The van der Waals surface area contributed by atoms with Gasteiger partial charge in [0.1, 0.15) is 0 Å². The summed E-state index contributed by atoms with van der Waals surface area (Å²) in [5.41, 5.74) is 11.2. The van der Waals surface area contributed by atoms with Gasteiger partial charge in [0.25, 0.3) is 0 Å². The molecule has 1 atom stereocenters. The minimum absolute atomic E-state index is 0.522. The standard InChI is InChI=1S/C23H25BN2/c1-15(2)20-6-4-5-16-10-23-24(11-21(16)20)12-22(25-23)17-7-8-18-13-26(3)14-19(18)9-17/h4-9,12,23,25H,1,10-11,13-14H2,2-3H3. The summed E-state index contributed by atoms with van der Waals surface area (Å²) in [7, 11) is 2.19. The molecule has 3 heterocycles. The maximum atomic E-state index is 4.19. The van der Waals surface area contributed by atoms with E-state index in [1.54, 1.807) is 0 Å². The number of fused-ring (bicyclic) bond motifs is 3. The molecule has 26 heavy (non-hydrogen) atoms. The van der Waals surface area contributed by atoms with Crippen LogP contribution in [-0.4, -0.2) is 24.6 Å². The molecule has 2 nitrogen and oxygen atoms in total. The van der Waals surface area contributed by atoms with Gasteiger partial charge in [-0.05, 0) is 66.2 Å². The van der Waals surface area contributed by atoms with E-state index in [2.05, 4.69) is 73.1 Å². The predicted molar refractivity (Wildman–Crippen MR) is 111 cm³/mol. The Morgan fingerprint density at radius 1 is 1.15 bits per heavy atom. The number of hydrogen-bond donors (Lipinski definition) is 1. The SMILES string of the molecule is C=C(C)c1cccc2c1CB1C=C(c3ccc4c(c3)CN(C)C4)NC1C2. The zero-order valence-corrected chi connectivity index (χ0v) is 15.7. The van der Waals surface area contributed by atoms with Crippen LogP contribution in [0.1, 0.15) is 40.3 Å². The van der Waals surface area contributed by atoms with Crippen molar-refractivity contribution >= 4 is 18.0 Å². The van der Waals surface area contributed by atoms with Crippen LogP contribution in [-0.2, 0) is 25.8 Å². The Bertz CT molecular complexity index is 943. The molecule has 2 aromatic rings. The molecule has 0 aromatic heterocycles. The fraction of sp³-hybridized carbons (Fsp3) is 0.304. The number of nitrogens with one attached hydrogen (secondary N) is 1. The Labute approximate surface area is 156 Å². The Kier molecular flexibility index (Phi) is 3.61. The van der Waals surface area contributed by atoms with E-state index in [9.17, 15) is 0 Å². The molecule has 3 heteroatoms. The van der Waals surface area contributed by atoms with Crippen molar-refractivity contribution in [1.82, 2.24) is 10.2 Å². The first-order valence-corrected chi connectivity index (χ1v) is 9.64. The minimum Gasteiger partial charge on any atom is -0.389 e. The highest BCUT2D eigenvalue weighted by atomic mass is 15.1. The van der Waals surface area contributed by atoms with Gasteiger partial charge in [-0.1, -0.05) is 48.5 Å². The summed E-state index contributed by atoms with van der Waals surface area (Å²) in [6.45, 7) is 9.03. The molecule has 3 aliphatic rings. The molecule has 1 unspecified atom stereocenters. The van der Waals surface area contributed by atoms with Crippen molar-refractivity contribution in [3.8, 4) is 0 Å². The van der Waals surface area contributed by atoms with Crippen LogP contribution in [0.4, 0.5) is 0 Å². The van der Waals surface area contributed by atoms with Crippen LogP contribution in [0.5, 0.6) is 0 Å². The number of rotatable bonds is 2. The summed E-state index contributed by atoms with van der Waals surface area (Å²) in [4.78, 5) is 2.38. The second-order valence-corrected chi connectivity index (χ2v) is 8.28. The van der Waals surface area contributed by atoms with Crippen molar-refractivity contribution in [2.75, 3.05) is 7.05 Å². The van der Waals surface area contributed by atoms with Gasteiger partial charge in [-0.15, -0.1) is 0 Å². The number of nitrogens with zero attached hydrogens (tertiary/aromatic N) is 1. The summed E-state index contributed by atoms with van der Waals surface area (Å²) in [6.07, 6.45) is 2.22. The monoisotopic (exact) mass is 340 g/mol. The van der Waals surface area contributed by atoms with E-state index >= 15 is 0 Å². The van der Waals surface area contributed by atoms with Gasteiger partial charge < -0.3 is 5.32 Å². The molecule has 0 saturated carbocycles. The van der Waals surface area contributed by atoms with Crippen LogP contribution >= 0.6 is 0 Å². The second-order valence-electron chi connectivity index (χ2n) is 8.28. The summed E-state index contributed by atoms with van der Waals surface area (Å²) >= 11 is 0. The molecule has 0 saturated heterocycles. The van der Waals surface area contributed by atoms with Crippen molar-refractivity contribution in [2.24, 2.45) is 0 Å². The van der Waals surface area contributed by atoms with Crippen LogP contribution in [0.25, 0.3) is 11.3 Å². The van der Waals surface area contributed by atoms with Gasteiger partial charge in [0, 0.05) is 24.7 Å². The van der Waals surface area contributed by atoms with Gasteiger partial charge in [-0.3, -0.25) is 4.90 Å². The lowest BCUT2D eigenvalue weighted by atomic mass is 9.39. The van der Waals surface area contributed by atoms with Crippen molar-refractivity contribution in [3.63, 3.8) is 0 Å². The first kappa shape index (κ1) is 16.0. The van der Waals surface area contributed by atoms with E-state index in [1.807, 2.05) is 0 Å². The Balaban J connectivity index is 1.45. The maximum Gasteiger partial charge on any atom is 0.199 e. The van der Waals surface area contributed by atoms with Crippen LogP contribution in [0.2, 0.25) is 0 Å². The summed E-state index contributed by atoms with van der Waals surface area (Å²) in [5, 5.41) is 3.83. The van der Waals surface area contributed by atoms with E-state index < -0.39 is 0 Å². The molecule has 0 aliphatic carbocycles. The van der Waals surface area contributed by atoms with Crippen molar-refractivity contribution < 1.29 is 0 Å². The average molecular weight is 340 g/mol. The molecule has 0 bridgehead atoms. The van der Waals surface area contributed by atoms with Gasteiger partial charge in [0.05, 0.1) is 0 Å². The highest BCUT2D eigenvalue weighted by Crippen LogP contribution is 2.33. The van der Waals surface area contributed by atoms with Crippen LogP contribution in [0, 0.1) is 0 Å². The fourth-order valence-corrected chi connectivity index (χ4v) is 4.94. The molecule has 0 spiro atoms. The maximum absolute atomic E-state index is 4.19. The van der Waals surface area contributed by atoms with E-state index in [4.69, 9.17) is 0 Å². The van der Waals surface area contributed by atoms with Gasteiger partial charge in [-0.2, -0.15) is 0 Å². The third-order valence-electron chi connectivity index (χ3n) is 6.25. The van der Waals surface area contributed by atoms with Crippen LogP contribution in [0.15, 0.2) is 49.0 Å². The molecule has 2 aromatic carbocycles. The molecular formula is C23H25BN2. The van der Waals surface area contributed by atoms with Crippen molar-refractivity contribution in [1.29, 1.82) is 0 Å². The van der Waals surface area contributed by atoms with Crippen LogP contribution < -0.4 is 5.32 Å². The molecule has 3 aliphatic heterocycles. The van der Waals surface area contributed by atoms with Crippen LogP contribution in [0.3, 0.4) is 0 Å². The van der Waals surface area contributed by atoms with Gasteiger partial charge in [-0.25, -0.2) is 0 Å². The van der Waals surface area contributed by atoms with E-state index in [1.165, 1.54) is 44.7 Å². The topological polar surface area (TPSA) is 15.3 Å². The quantitative estimate of drug-likeness (QED) is 0.835. The summed E-state index contributed by atoms with van der Waals surface area (Å²) in [5.74, 6) is 3.00. The first-order chi connectivity index (χ1) is 12.6. The third kappa shape index (κ3) is 2.54. The number of allylic oxidation sites excluding steroid dienone is 1. The van der Waals surface area contributed by atoms with E-state index in [0.29, 0.717) is 12.7 Å². The zero-order chi connectivity index (χ0) is 17.8. The highest BCUT2D eigenvalue weighted by Gasteiger charge is 2.36. The van der Waals surface area contributed by atoms with Crippen molar-refractivity contribution in [3.05, 3.63) is 82.3 Å². The predicted octanol–water partition coefficient (Wildman–Crippen LogP) is 3.89. The van der Waals surface area contributed by atoms with E-state index in [-0.39, 0.29) is 0 Å². The largest absolute Gasteiger partial charge is 0.389 e. The lowest BCUT2D eigenvalue weighted by Crippen LogP contribution is -2.42.